The molecule has 0 spiro atoms. The summed E-state index contributed by atoms with van der Waals surface area (Å²) in [5.41, 5.74) is 7.37. The van der Waals surface area contributed by atoms with Crippen molar-refractivity contribution < 1.29 is 4.74 Å². The molecule has 0 aliphatic heterocycles. The quantitative estimate of drug-likeness (QED) is 0.442. The zero-order chi connectivity index (χ0) is 16.9. The van der Waals surface area contributed by atoms with Crippen molar-refractivity contribution in [2.75, 3.05) is 7.11 Å². The SMILES string of the molecule is COc1ccc(C(C#C[Si](C)(C)C)=Nc2ccc(C)cc2)cc1. The van der Waals surface area contributed by atoms with Crippen LogP contribution in [0.5, 0.6) is 5.75 Å². The van der Waals surface area contributed by atoms with Crippen LogP contribution in [0.2, 0.25) is 19.6 Å². The summed E-state index contributed by atoms with van der Waals surface area (Å²) < 4.78 is 5.23. The lowest BCUT2D eigenvalue weighted by molar-refractivity contribution is 0.415. The Labute approximate surface area is 140 Å². The number of aliphatic imine (C=N–C) groups is 1. The Kier molecular flexibility index (Phi) is 5.41. The topological polar surface area (TPSA) is 21.6 Å². The van der Waals surface area contributed by atoms with Crippen LogP contribution in [0.3, 0.4) is 0 Å². The van der Waals surface area contributed by atoms with E-state index in [1.807, 2.05) is 36.4 Å². The van der Waals surface area contributed by atoms with Crippen molar-refractivity contribution in [3.05, 3.63) is 59.7 Å². The summed E-state index contributed by atoms with van der Waals surface area (Å²) in [5.74, 6) is 4.13. The van der Waals surface area contributed by atoms with Gasteiger partial charge in [-0.05, 0) is 43.3 Å². The third-order valence-electron chi connectivity index (χ3n) is 3.19. The fourth-order valence-corrected chi connectivity index (χ4v) is 2.40. The third-order valence-corrected chi connectivity index (χ3v) is 4.07. The highest BCUT2D eigenvalue weighted by Crippen LogP contribution is 2.17. The number of rotatable bonds is 3. The number of nitrogens with zero attached hydrogens (tertiary/aromatic N) is 1. The van der Waals surface area contributed by atoms with Crippen molar-refractivity contribution in [3.63, 3.8) is 0 Å². The Morgan fingerprint density at radius 3 is 2.09 bits per heavy atom. The molecule has 3 heteroatoms. The van der Waals surface area contributed by atoms with Gasteiger partial charge in [-0.15, -0.1) is 5.54 Å². The van der Waals surface area contributed by atoms with E-state index in [9.17, 15) is 0 Å². The van der Waals surface area contributed by atoms with Crippen LogP contribution in [0.25, 0.3) is 0 Å². The second-order valence-corrected chi connectivity index (χ2v) is 11.3. The summed E-state index contributed by atoms with van der Waals surface area (Å²) in [4.78, 5) is 4.75. The summed E-state index contributed by atoms with van der Waals surface area (Å²) in [6, 6.07) is 16.1. The van der Waals surface area contributed by atoms with Gasteiger partial charge in [-0.2, -0.15) is 0 Å². The van der Waals surface area contributed by atoms with Gasteiger partial charge >= 0.3 is 0 Å². The van der Waals surface area contributed by atoms with E-state index in [2.05, 4.69) is 50.2 Å². The number of benzene rings is 2. The van der Waals surface area contributed by atoms with Gasteiger partial charge in [0.15, 0.2) is 0 Å². The Bertz CT molecular complexity index is 741. The first kappa shape index (κ1) is 17.0. The van der Waals surface area contributed by atoms with Crippen LogP contribution in [0.4, 0.5) is 5.69 Å². The summed E-state index contributed by atoms with van der Waals surface area (Å²) in [5, 5.41) is 0. The molecule has 2 aromatic rings. The molecule has 0 unspecified atom stereocenters. The van der Waals surface area contributed by atoms with Crippen LogP contribution in [0.1, 0.15) is 11.1 Å². The summed E-state index contributed by atoms with van der Waals surface area (Å²) >= 11 is 0. The van der Waals surface area contributed by atoms with Crippen LogP contribution in [-0.2, 0) is 0 Å². The van der Waals surface area contributed by atoms with Crippen LogP contribution in [0.15, 0.2) is 53.5 Å². The number of aryl methyl sites for hydroxylation is 1. The minimum absolute atomic E-state index is 0.805. The largest absolute Gasteiger partial charge is 0.497 e. The monoisotopic (exact) mass is 321 g/mol. The smallest absolute Gasteiger partial charge is 0.129 e. The molecule has 0 N–H and O–H groups in total. The molecule has 118 valence electrons. The van der Waals surface area contributed by atoms with E-state index >= 15 is 0 Å². The molecular formula is C20H23NOSi. The van der Waals surface area contributed by atoms with E-state index in [-0.39, 0.29) is 0 Å². The molecule has 0 aliphatic carbocycles. The van der Waals surface area contributed by atoms with Crippen molar-refractivity contribution in [1.29, 1.82) is 0 Å². The van der Waals surface area contributed by atoms with Crippen molar-refractivity contribution in [2.45, 2.75) is 26.6 Å². The summed E-state index contributed by atoms with van der Waals surface area (Å²) in [6.07, 6.45) is 0. The highest BCUT2D eigenvalue weighted by Gasteiger charge is 2.09. The average molecular weight is 321 g/mol. The molecule has 2 nitrogen and oxygen atoms in total. The highest BCUT2D eigenvalue weighted by atomic mass is 28.3. The second-order valence-electron chi connectivity index (χ2n) is 6.52. The molecule has 0 saturated carbocycles. The van der Waals surface area contributed by atoms with Crippen LogP contribution in [-0.4, -0.2) is 20.9 Å². The average Bonchev–Trinajstić information content (AvgIpc) is 2.52. The lowest BCUT2D eigenvalue weighted by Crippen LogP contribution is -2.17. The Balaban J connectivity index is 2.45. The maximum atomic E-state index is 5.23. The Morgan fingerprint density at radius 1 is 0.957 bits per heavy atom. The molecule has 0 bridgehead atoms. The van der Waals surface area contributed by atoms with Crippen LogP contribution >= 0.6 is 0 Å². The maximum absolute atomic E-state index is 5.23. The minimum atomic E-state index is -1.46. The zero-order valence-corrected chi connectivity index (χ0v) is 15.5. The number of hydrogen-bond acceptors (Lipinski definition) is 2. The molecule has 0 aromatic heterocycles. The summed E-state index contributed by atoms with van der Waals surface area (Å²) in [6.45, 7) is 8.77. The highest BCUT2D eigenvalue weighted by molar-refractivity contribution is 6.84. The van der Waals surface area contributed by atoms with E-state index in [0.717, 1.165) is 22.7 Å². The zero-order valence-electron chi connectivity index (χ0n) is 14.5. The molecule has 0 fully saturated rings. The first-order valence-electron chi connectivity index (χ1n) is 7.70. The minimum Gasteiger partial charge on any atom is -0.497 e. The van der Waals surface area contributed by atoms with Gasteiger partial charge in [-0.3, -0.25) is 0 Å². The van der Waals surface area contributed by atoms with Gasteiger partial charge in [0, 0.05) is 5.56 Å². The molecule has 0 radical (unpaired) electrons. The van der Waals surface area contributed by atoms with Gasteiger partial charge in [-0.25, -0.2) is 4.99 Å². The Morgan fingerprint density at radius 2 is 1.57 bits per heavy atom. The fraction of sp³-hybridized carbons (Fsp3) is 0.250. The number of ether oxygens (including phenoxy) is 1. The van der Waals surface area contributed by atoms with E-state index in [1.54, 1.807) is 7.11 Å². The molecule has 2 rings (SSSR count). The van der Waals surface area contributed by atoms with E-state index < -0.39 is 8.07 Å². The van der Waals surface area contributed by atoms with Crippen molar-refractivity contribution in [1.82, 2.24) is 0 Å². The molecule has 0 saturated heterocycles. The first-order valence-corrected chi connectivity index (χ1v) is 11.2. The predicted octanol–water partition coefficient (Wildman–Crippen LogP) is 5.01. The van der Waals surface area contributed by atoms with E-state index in [4.69, 9.17) is 9.73 Å². The van der Waals surface area contributed by atoms with Gasteiger partial charge in [0.1, 0.15) is 19.5 Å². The number of hydrogen-bond donors (Lipinski definition) is 0. The molecular weight excluding hydrogens is 298 g/mol. The van der Waals surface area contributed by atoms with Gasteiger partial charge in [0.05, 0.1) is 12.8 Å². The lowest BCUT2D eigenvalue weighted by Gasteiger charge is -2.06. The molecule has 0 heterocycles. The van der Waals surface area contributed by atoms with Gasteiger partial charge in [0.2, 0.25) is 0 Å². The van der Waals surface area contributed by atoms with Crippen molar-refractivity contribution >= 4 is 19.5 Å². The van der Waals surface area contributed by atoms with Crippen LogP contribution in [0, 0.1) is 18.4 Å². The van der Waals surface area contributed by atoms with Crippen molar-refractivity contribution in [2.24, 2.45) is 4.99 Å². The Hall–Kier alpha value is -2.31. The normalized spacial score (nSPS) is 11.6. The molecule has 23 heavy (non-hydrogen) atoms. The first-order chi connectivity index (χ1) is 10.9. The van der Waals surface area contributed by atoms with E-state index in [0.29, 0.717) is 0 Å². The lowest BCUT2D eigenvalue weighted by atomic mass is 10.1. The molecule has 0 aliphatic rings. The van der Waals surface area contributed by atoms with Gasteiger partial charge in [0.25, 0.3) is 0 Å². The maximum Gasteiger partial charge on any atom is 0.129 e. The molecule has 2 aromatic carbocycles. The molecule has 0 atom stereocenters. The second kappa shape index (κ2) is 7.30. The van der Waals surface area contributed by atoms with Crippen molar-refractivity contribution in [3.8, 4) is 17.2 Å². The summed E-state index contributed by atoms with van der Waals surface area (Å²) in [7, 11) is 0.205. The third kappa shape index (κ3) is 5.43. The fourth-order valence-electron chi connectivity index (χ4n) is 1.91. The van der Waals surface area contributed by atoms with Gasteiger partial charge < -0.3 is 4.74 Å². The molecule has 0 amide bonds. The van der Waals surface area contributed by atoms with Gasteiger partial charge in [-0.1, -0.05) is 43.3 Å². The number of methoxy groups -OCH3 is 1. The standard InChI is InChI=1S/C20H23NOSi/c1-16-6-10-18(11-7-16)21-20(14-15-23(3,4)5)17-8-12-19(22-2)13-9-17/h6-13H,1-5H3. The van der Waals surface area contributed by atoms with E-state index in [1.165, 1.54) is 5.56 Å². The van der Waals surface area contributed by atoms with Crippen LogP contribution < -0.4 is 4.74 Å². The predicted molar refractivity (Wildman–Crippen MR) is 101 cm³/mol.